The Kier molecular flexibility index (Phi) is 5.43. The summed E-state index contributed by atoms with van der Waals surface area (Å²) >= 11 is 0. The molecule has 0 bridgehead atoms. The van der Waals surface area contributed by atoms with Crippen LogP contribution in [0.5, 0.6) is 0 Å². The van der Waals surface area contributed by atoms with E-state index in [9.17, 15) is 9.36 Å². The van der Waals surface area contributed by atoms with Gasteiger partial charge in [-0.1, -0.05) is 38.5 Å². The number of nitrogens with zero attached hydrogens (tertiary/aromatic N) is 1. The lowest BCUT2D eigenvalue weighted by Crippen LogP contribution is -2.45. The van der Waals surface area contributed by atoms with E-state index >= 15 is 0 Å². The maximum atomic E-state index is 12.2. The molecule has 18 heavy (non-hydrogen) atoms. The van der Waals surface area contributed by atoms with Crippen LogP contribution in [-0.4, -0.2) is 22.8 Å². The zero-order chi connectivity index (χ0) is 12.8. The van der Waals surface area contributed by atoms with Gasteiger partial charge in [0, 0.05) is 6.04 Å². The summed E-state index contributed by atoms with van der Waals surface area (Å²) in [5.74, 6) is 0. The molecule has 0 spiro atoms. The summed E-state index contributed by atoms with van der Waals surface area (Å²) in [4.78, 5) is 12.2. The first-order valence-corrected chi connectivity index (χ1v) is 8.14. The third kappa shape index (κ3) is 3.68. The molecule has 0 aromatic rings. The van der Waals surface area contributed by atoms with Gasteiger partial charge in [0.15, 0.2) is 0 Å². The van der Waals surface area contributed by atoms with Gasteiger partial charge in [0.1, 0.15) is 0 Å². The van der Waals surface area contributed by atoms with Crippen molar-refractivity contribution in [3.63, 3.8) is 0 Å². The lowest BCUT2D eigenvalue weighted by molar-refractivity contribution is 0.195. The average molecular weight is 271 g/mol. The van der Waals surface area contributed by atoms with Gasteiger partial charge >= 0.3 is 14.6 Å². The van der Waals surface area contributed by atoms with Crippen molar-refractivity contribution in [1.29, 1.82) is 0 Å². The van der Waals surface area contributed by atoms with Crippen LogP contribution in [0.25, 0.3) is 0 Å². The Morgan fingerprint density at radius 2 is 1.50 bits per heavy atom. The van der Waals surface area contributed by atoms with Gasteiger partial charge in [0.05, 0.1) is 6.04 Å². The van der Waals surface area contributed by atoms with E-state index in [1.54, 1.807) is 4.67 Å². The molecular formula is C13H24N2O2P+. The van der Waals surface area contributed by atoms with Gasteiger partial charge in [-0.05, 0) is 30.2 Å². The van der Waals surface area contributed by atoms with Crippen LogP contribution in [0.1, 0.15) is 64.2 Å². The third-order valence-electron chi connectivity index (χ3n) is 4.19. The van der Waals surface area contributed by atoms with Crippen LogP contribution in [0.2, 0.25) is 0 Å². The average Bonchev–Trinajstić information content (AvgIpc) is 2.42. The van der Waals surface area contributed by atoms with Gasteiger partial charge in [0.2, 0.25) is 0 Å². The van der Waals surface area contributed by atoms with Crippen molar-refractivity contribution in [2.24, 2.45) is 0 Å². The smallest absolute Gasteiger partial charge is 0.332 e. The monoisotopic (exact) mass is 271 g/mol. The first kappa shape index (κ1) is 13.8. The molecule has 1 atom stereocenters. The number of hydrogen-bond acceptors (Lipinski definition) is 2. The highest BCUT2D eigenvalue weighted by atomic mass is 31.1. The first-order valence-electron chi connectivity index (χ1n) is 7.29. The first-order chi connectivity index (χ1) is 8.81. The molecule has 0 heterocycles. The molecule has 102 valence electrons. The lowest BCUT2D eigenvalue weighted by Gasteiger charge is -2.27. The summed E-state index contributed by atoms with van der Waals surface area (Å²) in [6, 6.07) is 0.383. The summed E-state index contributed by atoms with van der Waals surface area (Å²) < 4.78 is 12.9. The van der Waals surface area contributed by atoms with Crippen LogP contribution in [0.3, 0.4) is 0 Å². The fraction of sp³-hybridized carbons (Fsp3) is 0.923. The summed E-state index contributed by atoms with van der Waals surface area (Å²) in [7, 11) is -0.648. The second kappa shape index (κ2) is 7.08. The third-order valence-corrected chi connectivity index (χ3v) is 4.95. The molecule has 2 rings (SSSR count). The van der Waals surface area contributed by atoms with E-state index in [0.717, 1.165) is 38.5 Å². The van der Waals surface area contributed by atoms with Crippen molar-refractivity contribution >= 4 is 14.6 Å². The van der Waals surface area contributed by atoms with Crippen LogP contribution < -0.4 is 5.32 Å². The highest BCUT2D eigenvalue weighted by Gasteiger charge is 2.32. The number of urea groups is 1. The van der Waals surface area contributed by atoms with Crippen molar-refractivity contribution < 1.29 is 9.36 Å². The zero-order valence-electron chi connectivity index (χ0n) is 11.0. The van der Waals surface area contributed by atoms with Gasteiger partial charge in [-0.2, -0.15) is 0 Å². The lowest BCUT2D eigenvalue weighted by atomic mass is 9.95. The zero-order valence-corrected chi connectivity index (χ0v) is 12.0. The molecule has 2 saturated carbocycles. The van der Waals surface area contributed by atoms with Gasteiger partial charge < -0.3 is 5.32 Å². The Morgan fingerprint density at radius 3 is 2.06 bits per heavy atom. The number of nitrogens with one attached hydrogen (secondary N) is 1. The fourth-order valence-electron chi connectivity index (χ4n) is 3.11. The van der Waals surface area contributed by atoms with Crippen molar-refractivity contribution in [2.75, 3.05) is 0 Å². The largest absolute Gasteiger partial charge is 0.452 e. The predicted molar refractivity (Wildman–Crippen MR) is 73.1 cm³/mol. The van der Waals surface area contributed by atoms with Crippen molar-refractivity contribution in [1.82, 2.24) is 9.99 Å². The van der Waals surface area contributed by atoms with Crippen LogP contribution in [0.4, 0.5) is 4.79 Å². The number of carbonyl (C=O) groups is 1. The number of amides is 2. The molecule has 0 aromatic carbocycles. The Balaban J connectivity index is 1.85. The van der Waals surface area contributed by atoms with Crippen LogP contribution in [-0.2, 0) is 4.57 Å². The van der Waals surface area contributed by atoms with Gasteiger partial charge in [-0.15, -0.1) is 4.67 Å². The standard InChI is InChI=1S/C13H23N2O2P/c16-13(14-11-7-3-1-4-8-11)15(18-17)12-9-5-2-6-10-12/h11-12H,1-10H2,(H,14,16)/p+1. The minimum absolute atomic E-state index is 0.109. The van der Waals surface area contributed by atoms with E-state index in [-0.39, 0.29) is 12.1 Å². The van der Waals surface area contributed by atoms with E-state index in [1.807, 2.05) is 0 Å². The fourth-order valence-corrected chi connectivity index (χ4v) is 3.67. The number of rotatable bonds is 3. The molecule has 2 aliphatic carbocycles. The molecule has 1 N–H and O–H groups in total. The van der Waals surface area contributed by atoms with E-state index in [0.29, 0.717) is 6.04 Å². The van der Waals surface area contributed by atoms with Gasteiger partial charge in [0.25, 0.3) is 0 Å². The maximum absolute atomic E-state index is 12.2. The van der Waals surface area contributed by atoms with Crippen LogP contribution in [0, 0.1) is 0 Å². The van der Waals surface area contributed by atoms with E-state index in [4.69, 9.17) is 0 Å². The minimum atomic E-state index is -0.648. The molecule has 0 saturated heterocycles. The Labute approximate surface area is 111 Å². The molecule has 0 aromatic heterocycles. The second-order valence-electron chi connectivity index (χ2n) is 5.54. The Morgan fingerprint density at radius 1 is 0.944 bits per heavy atom. The summed E-state index contributed by atoms with van der Waals surface area (Å²) in [5.41, 5.74) is 0. The molecule has 0 radical (unpaired) electrons. The van der Waals surface area contributed by atoms with E-state index < -0.39 is 8.61 Å². The number of carbonyl (C=O) groups excluding carboxylic acids is 1. The highest BCUT2D eigenvalue weighted by molar-refractivity contribution is 7.21. The molecule has 0 aliphatic heterocycles. The Hall–Kier alpha value is -0.630. The summed E-state index contributed by atoms with van der Waals surface area (Å²) in [5, 5.41) is 3.06. The molecule has 2 fully saturated rings. The number of hydrogen-bond donors (Lipinski definition) is 1. The van der Waals surface area contributed by atoms with Crippen LogP contribution in [0.15, 0.2) is 0 Å². The van der Waals surface area contributed by atoms with Crippen LogP contribution >= 0.6 is 8.61 Å². The molecule has 2 amide bonds. The van der Waals surface area contributed by atoms with Crippen molar-refractivity contribution in [2.45, 2.75) is 76.3 Å². The van der Waals surface area contributed by atoms with Crippen molar-refractivity contribution in [3.8, 4) is 0 Å². The highest BCUT2D eigenvalue weighted by Crippen LogP contribution is 2.27. The molecule has 1 unspecified atom stereocenters. The molecule has 2 aliphatic rings. The molecular weight excluding hydrogens is 247 g/mol. The summed E-state index contributed by atoms with van der Waals surface area (Å²) in [6.45, 7) is 0. The van der Waals surface area contributed by atoms with Gasteiger partial charge in [-0.3, -0.25) is 0 Å². The minimum Gasteiger partial charge on any atom is -0.332 e. The maximum Gasteiger partial charge on any atom is 0.452 e. The van der Waals surface area contributed by atoms with Gasteiger partial charge in [-0.25, -0.2) is 4.79 Å². The molecule has 4 nitrogen and oxygen atoms in total. The predicted octanol–water partition coefficient (Wildman–Crippen LogP) is 3.60. The summed E-state index contributed by atoms with van der Waals surface area (Å²) in [6.07, 6.45) is 11.4. The second-order valence-corrected chi connectivity index (χ2v) is 6.20. The quantitative estimate of drug-likeness (QED) is 0.797. The van der Waals surface area contributed by atoms with E-state index in [2.05, 4.69) is 5.32 Å². The molecule has 5 heteroatoms. The van der Waals surface area contributed by atoms with Crippen molar-refractivity contribution in [3.05, 3.63) is 0 Å². The normalized spacial score (nSPS) is 22.9. The Bertz CT molecular complexity index is 287. The van der Waals surface area contributed by atoms with E-state index in [1.165, 1.54) is 25.7 Å². The SMILES string of the molecule is O=[PH+]N(C(=O)NC1CCCCC1)C1CCCCC1. The topological polar surface area (TPSA) is 49.4 Å².